The molecule has 28 heavy (non-hydrogen) atoms. The van der Waals surface area contributed by atoms with Gasteiger partial charge in [0.25, 0.3) is 0 Å². The minimum absolute atomic E-state index is 0.0659. The van der Waals surface area contributed by atoms with E-state index in [1.54, 1.807) is 7.11 Å². The van der Waals surface area contributed by atoms with Gasteiger partial charge in [0.2, 0.25) is 0 Å². The van der Waals surface area contributed by atoms with E-state index in [2.05, 4.69) is 24.8 Å². The van der Waals surface area contributed by atoms with Gasteiger partial charge in [-0.1, -0.05) is 26.3 Å². The highest BCUT2D eigenvalue weighted by molar-refractivity contribution is 5.91. The van der Waals surface area contributed by atoms with Crippen molar-refractivity contribution in [2.45, 2.75) is 63.5 Å². The predicted molar refractivity (Wildman–Crippen MR) is 107 cm³/mol. The molecule has 4 nitrogen and oxygen atoms in total. The van der Waals surface area contributed by atoms with Crippen molar-refractivity contribution in [1.29, 1.82) is 0 Å². The molecule has 1 unspecified atom stereocenters. The summed E-state index contributed by atoms with van der Waals surface area (Å²) in [6, 6.07) is 4.83. The van der Waals surface area contributed by atoms with Crippen LogP contribution in [0.2, 0.25) is 0 Å². The summed E-state index contributed by atoms with van der Waals surface area (Å²) >= 11 is 0. The van der Waals surface area contributed by atoms with Gasteiger partial charge < -0.3 is 9.47 Å². The number of carbonyl (C=O) groups is 1. The Hall–Kier alpha value is -1.55. The first-order chi connectivity index (χ1) is 13.6. The maximum absolute atomic E-state index is 13.4. The number of benzene rings is 1. The smallest absolute Gasteiger partial charge is 0.177 e. The van der Waals surface area contributed by atoms with Gasteiger partial charge in [-0.2, -0.15) is 0 Å². The van der Waals surface area contributed by atoms with E-state index in [0.29, 0.717) is 23.7 Å². The third kappa shape index (κ3) is 1.93. The second kappa shape index (κ2) is 5.75. The number of nitrogens with zero attached hydrogens (tertiary/aromatic N) is 1. The predicted octanol–water partition coefficient (Wildman–Crippen LogP) is 3.60. The Balaban J connectivity index is 1.52. The zero-order chi connectivity index (χ0) is 19.2. The van der Waals surface area contributed by atoms with E-state index >= 15 is 0 Å². The van der Waals surface area contributed by atoms with Crippen molar-refractivity contribution in [3.05, 3.63) is 23.3 Å². The Morgan fingerprint density at radius 1 is 1.29 bits per heavy atom. The molecular formula is C24H31NO3. The summed E-state index contributed by atoms with van der Waals surface area (Å²) in [6.45, 7) is 6.80. The van der Waals surface area contributed by atoms with Gasteiger partial charge in [-0.05, 0) is 61.6 Å². The Morgan fingerprint density at radius 2 is 2.11 bits per heavy atom. The molecule has 5 aliphatic rings. The number of methoxy groups -OCH3 is 1. The quantitative estimate of drug-likeness (QED) is 0.802. The van der Waals surface area contributed by atoms with Crippen LogP contribution in [0.4, 0.5) is 0 Å². The fraction of sp³-hybridized carbons (Fsp3) is 0.708. The average molecular weight is 382 g/mol. The van der Waals surface area contributed by atoms with Gasteiger partial charge in [-0.3, -0.25) is 9.69 Å². The van der Waals surface area contributed by atoms with Crippen molar-refractivity contribution in [3.8, 4) is 11.5 Å². The molecule has 2 heterocycles. The largest absolute Gasteiger partial charge is 0.493 e. The minimum Gasteiger partial charge on any atom is -0.493 e. The zero-order valence-electron chi connectivity index (χ0n) is 17.2. The highest BCUT2D eigenvalue weighted by atomic mass is 16.5. The van der Waals surface area contributed by atoms with Crippen molar-refractivity contribution in [2.75, 3.05) is 20.2 Å². The summed E-state index contributed by atoms with van der Waals surface area (Å²) in [4.78, 5) is 16.2. The number of hydrogen-bond donors (Lipinski definition) is 0. The molecule has 1 aromatic rings. The number of ether oxygens (including phenoxy) is 2. The summed E-state index contributed by atoms with van der Waals surface area (Å²) in [6.07, 6.45) is 6.01. The lowest BCUT2D eigenvalue weighted by atomic mass is 9.47. The Bertz CT molecular complexity index is 846. The molecule has 1 spiro atoms. The summed E-state index contributed by atoms with van der Waals surface area (Å²) in [7, 11) is 1.71. The lowest BCUT2D eigenvalue weighted by Crippen LogP contribution is -2.70. The van der Waals surface area contributed by atoms with Gasteiger partial charge in [-0.25, -0.2) is 0 Å². The molecule has 0 amide bonds. The minimum atomic E-state index is -0.317. The van der Waals surface area contributed by atoms with Crippen molar-refractivity contribution in [1.82, 2.24) is 4.90 Å². The van der Waals surface area contributed by atoms with Crippen LogP contribution >= 0.6 is 0 Å². The highest BCUT2D eigenvalue weighted by Crippen LogP contribution is 2.65. The molecule has 1 aromatic carbocycles. The first kappa shape index (κ1) is 17.3. The zero-order valence-corrected chi connectivity index (χ0v) is 17.2. The van der Waals surface area contributed by atoms with Crippen LogP contribution in [0, 0.1) is 23.7 Å². The summed E-state index contributed by atoms with van der Waals surface area (Å²) in [5, 5.41) is 0. The molecule has 0 N–H and O–H groups in total. The fourth-order valence-electron chi connectivity index (χ4n) is 7.40. The van der Waals surface area contributed by atoms with Crippen LogP contribution in [0.25, 0.3) is 0 Å². The van der Waals surface area contributed by atoms with Gasteiger partial charge in [0.15, 0.2) is 23.4 Å². The second-order valence-corrected chi connectivity index (χ2v) is 10.1. The van der Waals surface area contributed by atoms with E-state index in [4.69, 9.17) is 9.47 Å². The number of piperidine rings is 1. The number of hydrogen-bond acceptors (Lipinski definition) is 4. The van der Waals surface area contributed by atoms with Crippen molar-refractivity contribution in [2.24, 2.45) is 23.7 Å². The number of ketones is 1. The molecule has 2 aliphatic heterocycles. The number of likely N-dealkylation sites (tertiary alicyclic amines) is 1. The molecule has 0 aromatic heterocycles. The SMILES string of the molecule is COc1ccc2c3c1OC1C(=O)[C@@H](C)[C@H](C)[C@H]4[C@@H](C2)N(CC2CCC2)CC[C@]314. The third-order valence-corrected chi connectivity index (χ3v) is 9.10. The topological polar surface area (TPSA) is 38.8 Å². The van der Waals surface area contributed by atoms with E-state index in [1.165, 1.54) is 36.9 Å². The lowest BCUT2D eigenvalue weighted by Gasteiger charge is -2.61. The van der Waals surface area contributed by atoms with Crippen LogP contribution in [-0.4, -0.2) is 43.0 Å². The van der Waals surface area contributed by atoms with Gasteiger partial charge in [0.05, 0.1) is 7.11 Å². The fourth-order valence-corrected chi connectivity index (χ4v) is 7.40. The first-order valence-electron chi connectivity index (χ1n) is 11.2. The molecule has 6 rings (SSSR count). The van der Waals surface area contributed by atoms with Crippen LogP contribution in [-0.2, 0) is 16.6 Å². The van der Waals surface area contributed by atoms with E-state index in [1.807, 2.05) is 6.07 Å². The Kier molecular flexibility index (Phi) is 3.56. The van der Waals surface area contributed by atoms with E-state index in [0.717, 1.165) is 36.8 Å². The highest BCUT2D eigenvalue weighted by Gasteiger charge is 2.69. The lowest BCUT2D eigenvalue weighted by molar-refractivity contribution is -0.152. The standard InChI is InChI=1S/C24H31NO3/c1-13-14(2)21(26)23-24-9-10-25(12-15-5-4-6-15)17(19(13)24)11-16-7-8-18(27-3)22(28-23)20(16)24/h7-8,13-15,17,19,23H,4-6,9-12H2,1-3H3/t13-,14-,17+,19-,23?,24-/m0/s1. The summed E-state index contributed by atoms with van der Waals surface area (Å²) in [5.74, 6) is 3.82. The van der Waals surface area contributed by atoms with Crippen LogP contribution in [0.3, 0.4) is 0 Å². The molecule has 150 valence electrons. The maximum Gasteiger partial charge on any atom is 0.177 e. The molecule has 0 radical (unpaired) electrons. The normalized spacial score (nSPS) is 41.2. The second-order valence-electron chi connectivity index (χ2n) is 10.1. The number of rotatable bonds is 3. The average Bonchev–Trinajstić information content (AvgIpc) is 3.00. The third-order valence-electron chi connectivity index (χ3n) is 9.10. The summed E-state index contributed by atoms with van der Waals surface area (Å²) in [5.41, 5.74) is 2.59. The van der Waals surface area contributed by atoms with Crippen LogP contribution in [0.5, 0.6) is 11.5 Å². The van der Waals surface area contributed by atoms with Crippen LogP contribution in [0.1, 0.15) is 50.7 Å². The van der Waals surface area contributed by atoms with E-state index in [-0.39, 0.29) is 17.4 Å². The molecule has 1 saturated heterocycles. The van der Waals surface area contributed by atoms with Crippen molar-refractivity contribution in [3.63, 3.8) is 0 Å². The van der Waals surface area contributed by atoms with Crippen LogP contribution in [0.15, 0.2) is 12.1 Å². The van der Waals surface area contributed by atoms with Gasteiger partial charge in [0.1, 0.15) is 0 Å². The Morgan fingerprint density at radius 3 is 2.82 bits per heavy atom. The molecule has 4 heteroatoms. The van der Waals surface area contributed by atoms with Gasteiger partial charge in [-0.15, -0.1) is 0 Å². The number of carbonyl (C=O) groups excluding carboxylic acids is 1. The molecular weight excluding hydrogens is 350 g/mol. The van der Waals surface area contributed by atoms with Crippen molar-refractivity contribution >= 4 is 5.78 Å². The van der Waals surface area contributed by atoms with E-state index < -0.39 is 0 Å². The molecule has 3 aliphatic carbocycles. The molecule has 2 bridgehead atoms. The monoisotopic (exact) mass is 381 g/mol. The summed E-state index contributed by atoms with van der Waals surface area (Å²) < 4.78 is 12.1. The van der Waals surface area contributed by atoms with E-state index in [9.17, 15) is 4.79 Å². The van der Waals surface area contributed by atoms with Crippen molar-refractivity contribution < 1.29 is 14.3 Å². The molecule has 6 atom stereocenters. The maximum atomic E-state index is 13.4. The Labute approximate surface area is 167 Å². The molecule has 2 saturated carbocycles. The van der Waals surface area contributed by atoms with Gasteiger partial charge >= 0.3 is 0 Å². The molecule has 3 fully saturated rings. The first-order valence-corrected chi connectivity index (χ1v) is 11.2. The number of Topliss-reactive ketones (excluding diaryl/α,β-unsaturated/α-hetero) is 1. The van der Waals surface area contributed by atoms with Gasteiger partial charge in [0, 0.05) is 29.5 Å². The van der Waals surface area contributed by atoms with Crippen LogP contribution < -0.4 is 9.47 Å².